The van der Waals surface area contributed by atoms with Gasteiger partial charge in [-0.3, -0.25) is 9.59 Å². The molecule has 1 unspecified atom stereocenters. The van der Waals surface area contributed by atoms with Gasteiger partial charge in [-0.2, -0.15) is 0 Å². The number of carbonyl (C=O) groups excluding carboxylic acids is 2. The molecule has 4 rings (SSSR count). The Bertz CT molecular complexity index is 853. The summed E-state index contributed by atoms with van der Waals surface area (Å²) in [6.45, 7) is 6.59. The molecule has 0 bridgehead atoms. The molecule has 0 spiro atoms. The highest BCUT2D eigenvalue weighted by Gasteiger charge is 2.31. The summed E-state index contributed by atoms with van der Waals surface area (Å²) in [4.78, 5) is 38.3. The van der Waals surface area contributed by atoms with Crippen LogP contribution in [-0.4, -0.2) is 62.3 Å². The number of aromatic nitrogens is 3. The van der Waals surface area contributed by atoms with Crippen LogP contribution in [0.3, 0.4) is 0 Å². The van der Waals surface area contributed by atoms with E-state index in [2.05, 4.69) is 14.5 Å². The number of imidazole rings is 1. The predicted molar refractivity (Wildman–Crippen MR) is 102 cm³/mol. The lowest BCUT2D eigenvalue weighted by Crippen LogP contribution is -2.46. The average Bonchev–Trinajstić information content (AvgIpc) is 3.47. The van der Waals surface area contributed by atoms with Gasteiger partial charge in [0.05, 0.1) is 17.8 Å². The third-order valence-corrected chi connectivity index (χ3v) is 5.73. The number of carbonyl (C=O) groups is 2. The first-order valence-electron chi connectivity index (χ1n) is 10.0. The van der Waals surface area contributed by atoms with Gasteiger partial charge >= 0.3 is 0 Å². The van der Waals surface area contributed by atoms with Crippen LogP contribution >= 0.6 is 0 Å². The van der Waals surface area contributed by atoms with E-state index >= 15 is 0 Å². The zero-order chi connectivity index (χ0) is 19.0. The topological polar surface area (TPSA) is 71.3 Å². The second-order valence-corrected chi connectivity index (χ2v) is 7.55. The number of amides is 2. The highest BCUT2D eigenvalue weighted by molar-refractivity contribution is 5.96. The van der Waals surface area contributed by atoms with Crippen LogP contribution in [-0.2, 0) is 4.79 Å². The Morgan fingerprint density at radius 2 is 1.96 bits per heavy atom. The molecule has 2 amide bonds. The second-order valence-electron chi connectivity index (χ2n) is 7.55. The van der Waals surface area contributed by atoms with Crippen LogP contribution in [0.1, 0.15) is 55.9 Å². The van der Waals surface area contributed by atoms with Crippen LogP contribution in [0.25, 0.3) is 11.2 Å². The summed E-state index contributed by atoms with van der Waals surface area (Å²) in [6.07, 6.45) is 7.52. The minimum absolute atomic E-state index is 0.0533. The number of rotatable bonds is 5. The van der Waals surface area contributed by atoms with Gasteiger partial charge in [-0.05, 0) is 45.6 Å². The van der Waals surface area contributed by atoms with E-state index in [-0.39, 0.29) is 17.7 Å². The lowest BCUT2D eigenvalue weighted by atomic mass is 9.96. The standard InChI is InChI=1S/C20H27N5O2/c1-3-23(4-2)19(26)14-6-5-9-24(12-14)20(27)15-10-17-18(21-11-15)25(13-22-17)16-7-8-16/h10-11,13-14,16H,3-9,12H2,1-2H3. The van der Waals surface area contributed by atoms with Gasteiger partial charge in [-0.15, -0.1) is 0 Å². The van der Waals surface area contributed by atoms with E-state index < -0.39 is 0 Å². The molecule has 0 N–H and O–H groups in total. The number of pyridine rings is 1. The number of hydrogen-bond acceptors (Lipinski definition) is 4. The fraction of sp³-hybridized carbons (Fsp3) is 0.600. The van der Waals surface area contributed by atoms with Crippen molar-refractivity contribution in [1.29, 1.82) is 0 Å². The summed E-state index contributed by atoms with van der Waals surface area (Å²) in [5, 5.41) is 0. The molecular weight excluding hydrogens is 342 g/mol. The fourth-order valence-corrected chi connectivity index (χ4v) is 4.00. The Labute approximate surface area is 159 Å². The van der Waals surface area contributed by atoms with Gasteiger partial charge in [0.1, 0.15) is 5.52 Å². The summed E-state index contributed by atoms with van der Waals surface area (Å²) < 4.78 is 2.10. The van der Waals surface area contributed by atoms with Gasteiger partial charge < -0.3 is 14.4 Å². The van der Waals surface area contributed by atoms with Crippen molar-refractivity contribution in [1.82, 2.24) is 24.3 Å². The van der Waals surface area contributed by atoms with E-state index in [0.717, 1.165) is 24.0 Å². The molecule has 144 valence electrons. The molecule has 1 aliphatic carbocycles. The van der Waals surface area contributed by atoms with Crippen LogP contribution in [0.15, 0.2) is 18.6 Å². The maximum Gasteiger partial charge on any atom is 0.255 e. The summed E-state index contributed by atoms with van der Waals surface area (Å²) >= 11 is 0. The zero-order valence-electron chi connectivity index (χ0n) is 16.1. The van der Waals surface area contributed by atoms with Gasteiger partial charge in [0.15, 0.2) is 5.65 Å². The second kappa shape index (κ2) is 7.29. The van der Waals surface area contributed by atoms with E-state index in [0.29, 0.717) is 37.8 Å². The van der Waals surface area contributed by atoms with Gasteiger partial charge in [0.25, 0.3) is 5.91 Å². The number of fused-ring (bicyclic) bond motifs is 1. The molecule has 1 saturated heterocycles. The van der Waals surface area contributed by atoms with E-state index in [1.807, 2.05) is 31.1 Å². The molecule has 1 aliphatic heterocycles. The molecule has 1 atom stereocenters. The summed E-state index contributed by atoms with van der Waals surface area (Å²) in [5.74, 6) is 0.00466. The average molecular weight is 369 g/mol. The van der Waals surface area contributed by atoms with E-state index in [9.17, 15) is 9.59 Å². The summed E-state index contributed by atoms with van der Waals surface area (Å²) in [5.41, 5.74) is 2.17. The first-order chi connectivity index (χ1) is 13.1. The molecule has 7 nitrogen and oxygen atoms in total. The highest BCUT2D eigenvalue weighted by Crippen LogP contribution is 2.36. The minimum Gasteiger partial charge on any atom is -0.343 e. The first-order valence-corrected chi connectivity index (χ1v) is 10.0. The number of nitrogens with zero attached hydrogens (tertiary/aromatic N) is 5. The molecule has 1 saturated carbocycles. The van der Waals surface area contributed by atoms with Crippen molar-refractivity contribution in [3.8, 4) is 0 Å². The first kappa shape index (κ1) is 17.9. The Morgan fingerprint density at radius 3 is 2.67 bits per heavy atom. The maximum absolute atomic E-state index is 13.0. The Hall–Kier alpha value is -2.44. The maximum atomic E-state index is 13.0. The van der Waals surface area contributed by atoms with Crippen LogP contribution in [0, 0.1) is 5.92 Å². The van der Waals surface area contributed by atoms with Crippen LogP contribution in [0.5, 0.6) is 0 Å². The van der Waals surface area contributed by atoms with Crippen molar-refractivity contribution in [2.24, 2.45) is 5.92 Å². The molecule has 2 aromatic heterocycles. The Kier molecular flexibility index (Phi) is 4.85. The lowest BCUT2D eigenvalue weighted by Gasteiger charge is -2.34. The third kappa shape index (κ3) is 3.42. The predicted octanol–water partition coefficient (Wildman–Crippen LogP) is 2.49. The molecule has 2 fully saturated rings. The van der Waals surface area contributed by atoms with Crippen LogP contribution < -0.4 is 0 Å². The minimum atomic E-state index is -0.103. The molecular formula is C20H27N5O2. The molecule has 2 aromatic rings. The van der Waals surface area contributed by atoms with Crippen molar-refractivity contribution in [3.05, 3.63) is 24.2 Å². The SMILES string of the molecule is CCN(CC)C(=O)C1CCCN(C(=O)c2cnc3c(c2)ncn3C2CC2)C1. The largest absolute Gasteiger partial charge is 0.343 e. The molecule has 0 radical (unpaired) electrons. The van der Waals surface area contributed by atoms with Crippen molar-refractivity contribution < 1.29 is 9.59 Å². The third-order valence-electron chi connectivity index (χ3n) is 5.73. The van der Waals surface area contributed by atoms with Gasteiger partial charge in [0, 0.05) is 38.4 Å². The summed E-state index contributed by atoms with van der Waals surface area (Å²) in [6, 6.07) is 2.34. The number of likely N-dealkylation sites (tertiary alicyclic amines) is 1. The normalized spacial score (nSPS) is 20.1. The van der Waals surface area contributed by atoms with Gasteiger partial charge in [-0.1, -0.05) is 0 Å². The van der Waals surface area contributed by atoms with Gasteiger partial charge in [0.2, 0.25) is 5.91 Å². The zero-order valence-corrected chi connectivity index (χ0v) is 16.1. The Balaban J connectivity index is 1.50. The monoisotopic (exact) mass is 369 g/mol. The summed E-state index contributed by atoms with van der Waals surface area (Å²) in [7, 11) is 0. The van der Waals surface area contributed by atoms with Crippen molar-refractivity contribution >= 4 is 23.0 Å². The molecule has 2 aliphatic rings. The number of hydrogen-bond donors (Lipinski definition) is 0. The molecule has 3 heterocycles. The number of piperidine rings is 1. The van der Waals surface area contributed by atoms with Crippen molar-refractivity contribution in [3.63, 3.8) is 0 Å². The van der Waals surface area contributed by atoms with E-state index in [1.165, 1.54) is 12.8 Å². The van der Waals surface area contributed by atoms with E-state index in [4.69, 9.17) is 0 Å². The molecule has 7 heteroatoms. The van der Waals surface area contributed by atoms with Gasteiger partial charge in [-0.25, -0.2) is 9.97 Å². The van der Waals surface area contributed by atoms with Crippen molar-refractivity contribution in [2.45, 2.75) is 45.6 Å². The van der Waals surface area contributed by atoms with Crippen molar-refractivity contribution in [2.75, 3.05) is 26.2 Å². The lowest BCUT2D eigenvalue weighted by molar-refractivity contribution is -0.136. The highest BCUT2D eigenvalue weighted by atomic mass is 16.2. The fourth-order valence-electron chi connectivity index (χ4n) is 4.00. The van der Waals surface area contributed by atoms with Crippen LogP contribution in [0.2, 0.25) is 0 Å². The van der Waals surface area contributed by atoms with Crippen LogP contribution in [0.4, 0.5) is 0 Å². The molecule has 0 aromatic carbocycles. The Morgan fingerprint density at radius 1 is 1.19 bits per heavy atom. The molecule has 27 heavy (non-hydrogen) atoms. The quantitative estimate of drug-likeness (QED) is 0.812. The smallest absolute Gasteiger partial charge is 0.255 e. The van der Waals surface area contributed by atoms with E-state index in [1.54, 1.807) is 11.1 Å².